The zero-order valence-electron chi connectivity index (χ0n) is 11.1. The van der Waals surface area contributed by atoms with Gasteiger partial charge in [0.15, 0.2) is 0 Å². The summed E-state index contributed by atoms with van der Waals surface area (Å²) in [6.07, 6.45) is 4.50. The van der Waals surface area contributed by atoms with Crippen molar-refractivity contribution >= 4 is 5.97 Å². The fraction of sp³-hybridized carbons (Fsp3) is 0.533. The quantitative estimate of drug-likeness (QED) is 0.428. The maximum Gasteiger partial charge on any atom is 0.334 e. The Hall–Kier alpha value is -1.39. The summed E-state index contributed by atoms with van der Waals surface area (Å²) in [4.78, 5) is 11.6. The lowest BCUT2D eigenvalue weighted by molar-refractivity contribution is -0.139. The van der Waals surface area contributed by atoms with E-state index in [2.05, 4.69) is 6.58 Å². The van der Waals surface area contributed by atoms with E-state index in [1.165, 1.54) is 0 Å². The van der Waals surface area contributed by atoms with Crippen LogP contribution < -0.4 is 0 Å². The van der Waals surface area contributed by atoms with E-state index in [0.29, 0.717) is 24.8 Å². The van der Waals surface area contributed by atoms with Gasteiger partial charge in [0.25, 0.3) is 0 Å². The first-order chi connectivity index (χ1) is 9.01. The molecule has 0 radical (unpaired) electrons. The number of rotatable bonds is 1. The Morgan fingerprint density at radius 3 is 2.89 bits per heavy atom. The highest BCUT2D eigenvalue weighted by atomic mass is 16.6. The number of ether oxygens (including phenoxy) is 1. The third-order valence-electron chi connectivity index (χ3n) is 3.75. The first-order valence-electron chi connectivity index (χ1n) is 6.55. The molecule has 2 rings (SSSR count). The van der Waals surface area contributed by atoms with Gasteiger partial charge < -0.3 is 14.9 Å². The summed E-state index contributed by atoms with van der Waals surface area (Å²) in [5.41, 5.74) is 2.28. The molecule has 2 N–H and O–H groups in total. The first kappa shape index (κ1) is 14.0. The summed E-state index contributed by atoms with van der Waals surface area (Å²) in [6.45, 7) is 5.64. The molecule has 0 aromatic heterocycles. The molecule has 0 aromatic rings. The van der Waals surface area contributed by atoms with Crippen LogP contribution in [0, 0.1) is 5.92 Å². The topological polar surface area (TPSA) is 66.8 Å². The van der Waals surface area contributed by atoms with Crippen molar-refractivity contribution in [3.8, 4) is 0 Å². The van der Waals surface area contributed by atoms with Crippen molar-refractivity contribution in [2.45, 2.75) is 38.4 Å². The predicted octanol–water partition coefficient (Wildman–Crippen LogP) is 1.49. The molecule has 1 aliphatic carbocycles. The number of aliphatic hydroxyl groups is 2. The highest BCUT2D eigenvalue weighted by Gasteiger charge is 2.38. The molecule has 0 spiro atoms. The van der Waals surface area contributed by atoms with E-state index < -0.39 is 6.10 Å². The molecule has 0 saturated carbocycles. The van der Waals surface area contributed by atoms with E-state index in [0.717, 1.165) is 11.1 Å². The highest BCUT2D eigenvalue weighted by molar-refractivity contribution is 5.90. The fourth-order valence-electron chi connectivity index (χ4n) is 2.70. The van der Waals surface area contributed by atoms with E-state index in [9.17, 15) is 15.0 Å². The Morgan fingerprint density at radius 2 is 2.21 bits per heavy atom. The van der Waals surface area contributed by atoms with E-state index in [-0.39, 0.29) is 24.6 Å². The van der Waals surface area contributed by atoms with Crippen LogP contribution in [0.4, 0.5) is 0 Å². The summed E-state index contributed by atoms with van der Waals surface area (Å²) in [5, 5.41) is 19.2. The number of hydrogen-bond donors (Lipinski definition) is 2. The average Bonchev–Trinajstić information content (AvgIpc) is 2.60. The lowest BCUT2D eigenvalue weighted by atomic mass is 9.87. The maximum atomic E-state index is 11.6. The Kier molecular flexibility index (Phi) is 4.22. The smallest absolute Gasteiger partial charge is 0.334 e. The van der Waals surface area contributed by atoms with Crippen molar-refractivity contribution in [3.63, 3.8) is 0 Å². The minimum absolute atomic E-state index is 0.0346. The zero-order chi connectivity index (χ0) is 14.0. The minimum Gasteiger partial charge on any atom is -0.458 e. The SMILES string of the molecule is C=C1C(=O)O[C@H]2C/C(C)=C/[C@H](O)C/C(CO)=C/C[C@H]12. The number of esters is 1. The molecule has 0 unspecified atom stereocenters. The van der Waals surface area contributed by atoms with Gasteiger partial charge in [0.05, 0.1) is 12.7 Å². The van der Waals surface area contributed by atoms with Crippen molar-refractivity contribution in [2.24, 2.45) is 5.92 Å². The predicted molar refractivity (Wildman–Crippen MR) is 71.3 cm³/mol. The van der Waals surface area contributed by atoms with Gasteiger partial charge in [-0.25, -0.2) is 4.79 Å². The Bertz CT molecular complexity index is 447. The molecule has 0 amide bonds. The lowest BCUT2D eigenvalue weighted by Crippen LogP contribution is -2.19. The fourth-order valence-corrected chi connectivity index (χ4v) is 2.70. The normalized spacial score (nSPS) is 37.7. The van der Waals surface area contributed by atoms with Crippen molar-refractivity contribution in [1.82, 2.24) is 0 Å². The van der Waals surface area contributed by atoms with Gasteiger partial charge in [0, 0.05) is 24.3 Å². The molecule has 0 aromatic carbocycles. The van der Waals surface area contributed by atoms with Crippen LogP contribution in [0.2, 0.25) is 0 Å². The van der Waals surface area contributed by atoms with Gasteiger partial charge in [-0.2, -0.15) is 0 Å². The summed E-state index contributed by atoms with van der Waals surface area (Å²) in [7, 11) is 0. The van der Waals surface area contributed by atoms with Crippen molar-refractivity contribution in [3.05, 3.63) is 35.5 Å². The standard InChI is InChI=1S/C15H20O4/c1-9-5-12(17)7-11(8-16)3-4-13-10(2)15(18)19-14(13)6-9/h3,5,12-14,16-17H,2,4,6-8H2,1H3/b9-5+,11-3-/t12-,13+,14-/m0/s1. The second kappa shape index (κ2) is 5.72. The minimum atomic E-state index is -0.602. The molecular weight excluding hydrogens is 244 g/mol. The van der Waals surface area contributed by atoms with Crippen LogP contribution >= 0.6 is 0 Å². The zero-order valence-corrected chi connectivity index (χ0v) is 11.1. The summed E-state index contributed by atoms with van der Waals surface area (Å²) in [6, 6.07) is 0. The molecule has 4 nitrogen and oxygen atoms in total. The number of hydrogen-bond acceptors (Lipinski definition) is 4. The highest BCUT2D eigenvalue weighted by Crippen LogP contribution is 2.34. The largest absolute Gasteiger partial charge is 0.458 e. The Labute approximate surface area is 113 Å². The van der Waals surface area contributed by atoms with Crippen molar-refractivity contribution in [2.75, 3.05) is 6.61 Å². The van der Waals surface area contributed by atoms with Crippen LogP contribution in [0.25, 0.3) is 0 Å². The third-order valence-corrected chi connectivity index (χ3v) is 3.75. The van der Waals surface area contributed by atoms with Crippen LogP contribution in [0.5, 0.6) is 0 Å². The molecule has 4 heteroatoms. The Morgan fingerprint density at radius 1 is 1.47 bits per heavy atom. The summed E-state index contributed by atoms with van der Waals surface area (Å²) < 4.78 is 5.33. The van der Waals surface area contributed by atoms with E-state index in [1.54, 1.807) is 6.08 Å². The summed E-state index contributed by atoms with van der Waals surface area (Å²) in [5.74, 6) is -0.366. The van der Waals surface area contributed by atoms with E-state index in [1.807, 2.05) is 13.0 Å². The number of carbonyl (C=O) groups is 1. The van der Waals surface area contributed by atoms with Crippen molar-refractivity contribution < 1.29 is 19.7 Å². The van der Waals surface area contributed by atoms with Crippen LogP contribution in [-0.4, -0.2) is 35.0 Å². The molecular formula is C15H20O4. The van der Waals surface area contributed by atoms with Gasteiger partial charge >= 0.3 is 5.97 Å². The third kappa shape index (κ3) is 3.14. The van der Waals surface area contributed by atoms with Crippen molar-refractivity contribution in [1.29, 1.82) is 0 Å². The molecule has 1 heterocycles. The van der Waals surface area contributed by atoms with Gasteiger partial charge in [-0.05, 0) is 18.9 Å². The van der Waals surface area contributed by atoms with Crippen LogP contribution in [0.3, 0.4) is 0 Å². The van der Waals surface area contributed by atoms with Gasteiger partial charge in [0.1, 0.15) is 6.10 Å². The van der Waals surface area contributed by atoms with E-state index >= 15 is 0 Å². The first-order valence-corrected chi connectivity index (χ1v) is 6.55. The monoisotopic (exact) mass is 264 g/mol. The molecule has 1 fully saturated rings. The number of allylic oxidation sites excluding steroid dienone is 1. The second-order valence-electron chi connectivity index (χ2n) is 5.32. The van der Waals surface area contributed by atoms with Crippen LogP contribution in [-0.2, 0) is 9.53 Å². The molecule has 1 saturated heterocycles. The van der Waals surface area contributed by atoms with E-state index in [4.69, 9.17) is 4.74 Å². The molecule has 3 atom stereocenters. The summed E-state index contributed by atoms with van der Waals surface area (Å²) >= 11 is 0. The average molecular weight is 264 g/mol. The second-order valence-corrected chi connectivity index (χ2v) is 5.32. The van der Waals surface area contributed by atoms with Gasteiger partial charge in [-0.1, -0.05) is 24.3 Å². The molecule has 0 bridgehead atoms. The lowest BCUT2D eigenvalue weighted by Gasteiger charge is -2.20. The molecule has 1 aliphatic heterocycles. The number of aliphatic hydroxyl groups excluding tert-OH is 2. The van der Waals surface area contributed by atoms with Crippen LogP contribution in [0.15, 0.2) is 35.5 Å². The van der Waals surface area contributed by atoms with Gasteiger partial charge in [-0.15, -0.1) is 0 Å². The number of fused-ring (bicyclic) bond motifs is 1. The molecule has 19 heavy (non-hydrogen) atoms. The van der Waals surface area contributed by atoms with Crippen LogP contribution in [0.1, 0.15) is 26.2 Å². The number of carbonyl (C=O) groups excluding carboxylic acids is 1. The Balaban J connectivity index is 2.28. The molecule has 104 valence electrons. The molecule has 2 aliphatic rings. The maximum absolute atomic E-state index is 11.6. The van der Waals surface area contributed by atoms with Gasteiger partial charge in [0.2, 0.25) is 0 Å². The van der Waals surface area contributed by atoms with Gasteiger partial charge in [-0.3, -0.25) is 0 Å².